The van der Waals surface area contributed by atoms with Crippen LogP contribution in [0.4, 0.5) is 0 Å². The molecule has 1 atom stereocenters. The third kappa shape index (κ3) is 9.50. The molecule has 0 aliphatic rings. The second kappa shape index (κ2) is 10.9. The first-order valence-corrected chi connectivity index (χ1v) is 6.35. The Bertz CT molecular complexity index is 157. The zero-order chi connectivity index (χ0) is 13.9. The standard InChI is InChI=1S/C9H23N3.C3H10N2/c1-8(11-7-6-10)9(2,3)12(4)5;4-2-1-3-5/h8,11H,6-7,10H2,1-5H3;1-5H2. The van der Waals surface area contributed by atoms with Crippen molar-refractivity contribution in [3.63, 3.8) is 0 Å². The fourth-order valence-electron chi connectivity index (χ4n) is 1.05. The van der Waals surface area contributed by atoms with Crippen molar-refractivity contribution in [3.05, 3.63) is 0 Å². The molecule has 0 aliphatic carbocycles. The maximum Gasteiger partial charge on any atom is 0.0297 e. The van der Waals surface area contributed by atoms with Gasteiger partial charge in [-0.15, -0.1) is 0 Å². The number of nitrogens with zero attached hydrogens (tertiary/aromatic N) is 1. The van der Waals surface area contributed by atoms with Gasteiger partial charge in [0.2, 0.25) is 0 Å². The first kappa shape index (κ1) is 19.1. The zero-order valence-corrected chi connectivity index (χ0v) is 12.3. The van der Waals surface area contributed by atoms with E-state index in [1.807, 2.05) is 0 Å². The van der Waals surface area contributed by atoms with E-state index in [-0.39, 0.29) is 5.54 Å². The van der Waals surface area contributed by atoms with E-state index in [9.17, 15) is 0 Å². The topological polar surface area (TPSA) is 93.3 Å². The average molecular weight is 247 g/mol. The van der Waals surface area contributed by atoms with Gasteiger partial charge in [-0.1, -0.05) is 0 Å². The average Bonchev–Trinajstić information content (AvgIpc) is 2.27. The van der Waals surface area contributed by atoms with E-state index >= 15 is 0 Å². The van der Waals surface area contributed by atoms with Crippen molar-refractivity contribution < 1.29 is 0 Å². The van der Waals surface area contributed by atoms with E-state index in [0.717, 1.165) is 26.1 Å². The van der Waals surface area contributed by atoms with E-state index in [2.05, 4.69) is 45.1 Å². The van der Waals surface area contributed by atoms with E-state index in [1.165, 1.54) is 0 Å². The van der Waals surface area contributed by atoms with Crippen LogP contribution < -0.4 is 22.5 Å². The van der Waals surface area contributed by atoms with Gasteiger partial charge in [-0.3, -0.25) is 0 Å². The van der Waals surface area contributed by atoms with Gasteiger partial charge in [-0.25, -0.2) is 0 Å². The van der Waals surface area contributed by atoms with Gasteiger partial charge >= 0.3 is 0 Å². The fraction of sp³-hybridized carbons (Fsp3) is 1.00. The van der Waals surface area contributed by atoms with Crippen molar-refractivity contribution in [2.24, 2.45) is 17.2 Å². The molecule has 0 bridgehead atoms. The predicted octanol–water partition coefficient (Wildman–Crippen LogP) is -0.443. The summed E-state index contributed by atoms with van der Waals surface area (Å²) in [5.41, 5.74) is 15.7. The molecule has 0 aromatic heterocycles. The van der Waals surface area contributed by atoms with Gasteiger partial charge in [-0.05, 0) is 54.4 Å². The van der Waals surface area contributed by atoms with Gasteiger partial charge in [0.15, 0.2) is 0 Å². The number of likely N-dealkylation sites (N-methyl/N-ethyl adjacent to an activating group) is 1. The largest absolute Gasteiger partial charge is 0.330 e. The Hall–Kier alpha value is -0.200. The minimum Gasteiger partial charge on any atom is -0.330 e. The lowest BCUT2D eigenvalue weighted by Crippen LogP contribution is -2.54. The van der Waals surface area contributed by atoms with Crippen LogP contribution >= 0.6 is 0 Å². The molecule has 0 aliphatic heterocycles. The first-order valence-electron chi connectivity index (χ1n) is 6.35. The summed E-state index contributed by atoms with van der Waals surface area (Å²) in [5.74, 6) is 0. The van der Waals surface area contributed by atoms with Crippen LogP contribution in [0.15, 0.2) is 0 Å². The number of hydrogen-bond acceptors (Lipinski definition) is 5. The van der Waals surface area contributed by atoms with Crippen molar-refractivity contribution in [2.45, 2.75) is 38.8 Å². The molecule has 7 N–H and O–H groups in total. The van der Waals surface area contributed by atoms with E-state index in [0.29, 0.717) is 12.6 Å². The molecule has 1 unspecified atom stereocenters. The predicted molar refractivity (Wildman–Crippen MR) is 77.0 cm³/mol. The van der Waals surface area contributed by atoms with Crippen LogP contribution in [0.5, 0.6) is 0 Å². The fourth-order valence-corrected chi connectivity index (χ4v) is 1.05. The maximum absolute atomic E-state index is 5.42. The molecular weight excluding hydrogens is 214 g/mol. The highest BCUT2D eigenvalue weighted by atomic mass is 15.2. The molecular formula is C12H33N5. The van der Waals surface area contributed by atoms with Crippen LogP contribution in [0.25, 0.3) is 0 Å². The highest BCUT2D eigenvalue weighted by molar-refractivity contribution is 4.88. The van der Waals surface area contributed by atoms with Crippen molar-refractivity contribution in [2.75, 3.05) is 40.3 Å². The molecule has 5 nitrogen and oxygen atoms in total. The van der Waals surface area contributed by atoms with Crippen LogP contribution in [0, 0.1) is 0 Å². The molecule has 0 spiro atoms. The molecule has 0 fully saturated rings. The van der Waals surface area contributed by atoms with Gasteiger partial charge in [0.05, 0.1) is 0 Å². The number of rotatable bonds is 7. The number of nitrogens with two attached hydrogens (primary N) is 3. The van der Waals surface area contributed by atoms with Gasteiger partial charge < -0.3 is 27.4 Å². The number of nitrogens with one attached hydrogen (secondary N) is 1. The van der Waals surface area contributed by atoms with Gasteiger partial charge in [0.1, 0.15) is 0 Å². The minimum atomic E-state index is 0.176. The smallest absolute Gasteiger partial charge is 0.0297 e. The Labute approximate surface area is 107 Å². The van der Waals surface area contributed by atoms with Crippen molar-refractivity contribution >= 4 is 0 Å². The monoisotopic (exact) mass is 247 g/mol. The van der Waals surface area contributed by atoms with Crippen LogP contribution in [-0.4, -0.2) is 56.8 Å². The van der Waals surface area contributed by atoms with Gasteiger partial charge in [0, 0.05) is 24.7 Å². The summed E-state index contributed by atoms with van der Waals surface area (Å²) in [7, 11) is 4.20. The molecule has 0 saturated carbocycles. The molecule has 0 amide bonds. The van der Waals surface area contributed by atoms with Crippen LogP contribution in [0.1, 0.15) is 27.2 Å². The summed E-state index contributed by atoms with van der Waals surface area (Å²) < 4.78 is 0. The lowest BCUT2D eigenvalue weighted by molar-refractivity contribution is 0.147. The summed E-state index contributed by atoms with van der Waals surface area (Å²) in [6.07, 6.45) is 0.944. The van der Waals surface area contributed by atoms with Crippen LogP contribution in [0.2, 0.25) is 0 Å². The van der Waals surface area contributed by atoms with Crippen molar-refractivity contribution in [1.82, 2.24) is 10.2 Å². The molecule has 0 radical (unpaired) electrons. The Balaban J connectivity index is 0. The molecule has 106 valence electrons. The molecule has 0 rings (SSSR count). The van der Waals surface area contributed by atoms with Crippen molar-refractivity contribution in [3.8, 4) is 0 Å². The Kier molecular flexibility index (Phi) is 12.3. The highest BCUT2D eigenvalue weighted by Crippen LogP contribution is 2.14. The van der Waals surface area contributed by atoms with Gasteiger partial charge in [0.25, 0.3) is 0 Å². The van der Waals surface area contributed by atoms with E-state index in [4.69, 9.17) is 17.2 Å². The Morgan fingerprint density at radius 2 is 1.53 bits per heavy atom. The first-order chi connectivity index (χ1) is 7.84. The summed E-state index contributed by atoms with van der Waals surface area (Å²) >= 11 is 0. The Morgan fingerprint density at radius 3 is 1.76 bits per heavy atom. The van der Waals surface area contributed by atoms with E-state index in [1.54, 1.807) is 0 Å². The normalized spacial score (nSPS) is 13.2. The molecule has 0 saturated heterocycles. The summed E-state index contributed by atoms with van der Waals surface area (Å²) in [6, 6.07) is 0.455. The highest BCUT2D eigenvalue weighted by Gasteiger charge is 2.27. The quantitative estimate of drug-likeness (QED) is 0.489. The third-order valence-corrected chi connectivity index (χ3v) is 3.22. The second-order valence-corrected chi connectivity index (χ2v) is 4.94. The molecule has 17 heavy (non-hydrogen) atoms. The summed E-state index contributed by atoms with van der Waals surface area (Å²) in [4.78, 5) is 2.22. The number of hydrogen-bond donors (Lipinski definition) is 4. The molecule has 0 aromatic carbocycles. The Morgan fingerprint density at radius 1 is 1.06 bits per heavy atom. The van der Waals surface area contributed by atoms with E-state index < -0.39 is 0 Å². The van der Waals surface area contributed by atoms with Gasteiger partial charge in [-0.2, -0.15) is 0 Å². The lowest BCUT2D eigenvalue weighted by Gasteiger charge is -2.38. The minimum absolute atomic E-state index is 0.176. The second-order valence-electron chi connectivity index (χ2n) is 4.94. The SMILES string of the molecule is CC(NCCN)C(C)(C)N(C)C.NCCCN. The summed E-state index contributed by atoms with van der Waals surface area (Å²) in [6.45, 7) is 9.66. The molecule has 0 heterocycles. The van der Waals surface area contributed by atoms with Crippen LogP contribution in [-0.2, 0) is 0 Å². The van der Waals surface area contributed by atoms with Crippen LogP contribution in [0.3, 0.4) is 0 Å². The summed E-state index contributed by atoms with van der Waals surface area (Å²) in [5, 5.41) is 3.39. The zero-order valence-electron chi connectivity index (χ0n) is 12.3. The molecule has 0 aromatic rings. The third-order valence-electron chi connectivity index (χ3n) is 3.22. The lowest BCUT2D eigenvalue weighted by atomic mass is 9.95. The maximum atomic E-state index is 5.42. The molecule has 5 heteroatoms. The van der Waals surface area contributed by atoms with Crippen molar-refractivity contribution in [1.29, 1.82) is 0 Å².